The van der Waals surface area contributed by atoms with E-state index in [1.54, 1.807) is 40.0 Å². The van der Waals surface area contributed by atoms with E-state index in [0.29, 0.717) is 23.0 Å². The number of carbonyl (C=O) groups excluding carboxylic acids is 1. The second kappa shape index (κ2) is 9.15. The predicted octanol–water partition coefficient (Wildman–Crippen LogP) is 5.98. The SMILES string of the molecule is Cn1cnc2c(Cl)cc(N[C@@]3(c4c(F)ccc(Cl)c4Cl)CCN(C(=O)OC(C)(C)C)C3)cc2c1=O. The van der Waals surface area contributed by atoms with Crippen molar-refractivity contribution in [1.29, 1.82) is 0 Å². The lowest BCUT2D eigenvalue weighted by Gasteiger charge is -2.34. The number of rotatable bonds is 3. The molecule has 0 radical (unpaired) electrons. The fourth-order valence-electron chi connectivity index (χ4n) is 4.25. The summed E-state index contributed by atoms with van der Waals surface area (Å²) in [6.45, 7) is 5.62. The Morgan fingerprint density at radius 2 is 1.91 bits per heavy atom. The average molecular weight is 542 g/mol. The van der Waals surface area contributed by atoms with Gasteiger partial charge in [0.05, 0.1) is 44.4 Å². The number of nitrogens with one attached hydrogen (secondary N) is 1. The number of hydrogen-bond donors (Lipinski definition) is 1. The normalized spacial score (nSPS) is 18.2. The molecule has 0 bridgehead atoms. The Bertz CT molecular complexity index is 1390. The number of hydrogen-bond acceptors (Lipinski definition) is 5. The third-order valence-corrected chi connectivity index (χ3v) is 6.89. The van der Waals surface area contributed by atoms with Crippen molar-refractivity contribution in [2.75, 3.05) is 18.4 Å². The molecule has 1 atom stereocenters. The van der Waals surface area contributed by atoms with E-state index in [1.807, 2.05) is 0 Å². The Balaban J connectivity index is 1.83. The molecule has 0 aliphatic carbocycles. The highest BCUT2D eigenvalue weighted by Crippen LogP contribution is 2.43. The standard InChI is InChI=1S/C24H24Cl3FN4O3/c1-23(2,3)35-22(34)32-8-7-24(11-32,18-17(28)6-5-15(25)19(18)27)30-13-9-14-20(16(26)10-13)29-12-31(4)21(14)33/h5-6,9-10,12,30H,7-8,11H2,1-4H3/t24-/m0/s1. The Morgan fingerprint density at radius 1 is 1.20 bits per heavy atom. The van der Waals surface area contributed by atoms with E-state index < -0.39 is 23.1 Å². The number of aromatic nitrogens is 2. The zero-order valence-electron chi connectivity index (χ0n) is 19.6. The molecule has 186 valence electrons. The van der Waals surface area contributed by atoms with Crippen molar-refractivity contribution in [2.24, 2.45) is 7.05 Å². The first-order chi connectivity index (χ1) is 16.3. The van der Waals surface area contributed by atoms with Gasteiger partial charge in [0, 0.05) is 24.8 Å². The molecule has 0 spiro atoms. The molecule has 1 aromatic heterocycles. The first-order valence-electron chi connectivity index (χ1n) is 10.9. The van der Waals surface area contributed by atoms with Crippen molar-refractivity contribution in [3.8, 4) is 0 Å². The first-order valence-corrected chi connectivity index (χ1v) is 12.0. The number of halogens is 4. The van der Waals surface area contributed by atoms with Crippen molar-refractivity contribution in [3.05, 3.63) is 67.4 Å². The van der Waals surface area contributed by atoms with Gasteiger partial charge in [0.2, 0.25) is 0 Å². The number of benzene rings is 2. The molecule has 1 saturated heterocycles. The first kappa shape index (κ1) is 25.5. The molecular weight excluding hydrogens is 518 g/mol. The van der Waals surface area contributed by atoms with E-state index in [0.717, 1.165) is 0 Å². The number of amides is 1. The number of aryl methyl sites for hydroxylation is 1. The number of likely N-dealkylation sites (tertiary alicyclic amines) is 1. The molecule has 7 nitrogen and oxygen atoms in total. The van der Waals surface area contributed by atoms with E-state index in [1.165, 1.54) is 27.9 Å². The summed E-state index contributed by atoms with van der Waals surface area (Å²) in [6.07, 6.45) is 1.15. The zero-order chi connectivity index (χ0) is 25.7. The molecular formula is C24H24Cl3FN4O3. The van der Waals surface area contributed by atoms with Gasteiger partial charge in [-0.1, -0.05) is 34.8 Å². The lowest BCUT2D eigenvalue weighted by Crippen LogP contribution is -2.42. The molecule has 1 N–H and O–H groups in total. The molecule has 0 unspecified atom stereocenters. The van der Waals surface area contributed by atoms with Gasteiger partial charge >= 0.3 is 6.09 Å². The van der Waals surface area contributed by atoms with Crippen molar-refractivity contribution < 1.29 is 13.9 Å². The maximum absolute atomic E-state index is 15.3. The summed E-state index contributed by atoms with van der Waals surface area (Å²) in [7, 11) is 1.58. The lowest BCUT2D eigenvalue weighted by atomic mass is 9.87. The van der Waals surface area contributed by atoms with Crippen LogP contribution in [-0.2, 0) is 17.3 Å². The Hall–Kier alpha value is -2.55. The molecule has 3 aromatic rings. The van der Waals surface area contributed by atoms with Gasteiger partial charge in [0.25, 0.3) is 5.56 Å². The fourth-order valence-corrected chi connectivity index (χ4v) is 5.01. The fraction of sp³-hybridized carbons (Fsp3) is 0.375. The number of fused-ring (bicyclic) bond motifs is 1. The van der Waals surface area contributed by atoms with Crippen LogP contribution in [0.15, 0.2) is 35.4 Å². The minimum absolute atomic E-state index is 0.0367. The second-order valence-electron chi connectivity index (χ2n) is 9.59. The van der Waals surface area contributed by atoms with Gasteiger partial charge in [0.1, 0.15) is 11.4 Å². The molecule has 1 aliphatic heterocycles. The maximum Gasteiger partial charge on any atom is 0.410 e. The summed E-state index contributed by atoms with van der Waals surface area (Å²) >= 11 is 19.2. The van der Waals surface area contributed by atoms with Gasteiger partial charge in [-0.15, -0.1) is 0 Å². The van der Waals surface area contributed by atoms with Gasteiger partial charge in [-0.2, -0.15) is 0 Å². The summed E-state index contributed by atoms with van der Waals surface area (Å²) in [5.41, 5.74) is -1.25. The topological polar surface area (TPSA) is 76.5 Å². The zero-order valence-corrected chi connectivity index (χ0v) is 21.9. The number of ether oxygens (including phenoxy) is 1. The van der Waals surface area contributed by atoms with Crippen LogP contribution in [0.25, 0.3) is 10.9 Å². The van der Waals surface area contributed by atoms with Gasteiger partial charge in [-0.25, -0.2) is 14.2 Å². The summed E-state index contributed by atoms with van der Waals surface area (Å²) in [6, 6.07) is 5.81. The lowest BCUT2D eigenvalue weighted by molar-refractivity contribution is 0.0286. The summed E-state index contributed by atoms with van der Waals surface area (Å²) in [5, 5.41) is 4.07. The van der Waals surface area contributed by atoms with E-state index in [-0.39, 0.29) is 39.3 Å². The summed E-state index contributed by atoms with van der Waals surface area (Å²) in [4.78, 5) is 31.3. The molecule has 0 saturated carbocycles. The Kier molecular flexibility index (Phi) is 6.68. The Labute approximate surface area is 216 Å². The Morgan fingerprint density at radius 3 is 2.60 bits per heavy atom. The smallest absolute Gasteiger partial charge is 0.410 e. The summed E-state index contributed by atoms with van der Waals surface area (Å²) in [5.74, 6) is -0.581. The van der Waals surface area contributed by atoms with Crippen LogP contribution < -0.4 is 10.9 Å². The van der Waals surface area contributed by atoms with Crippen molar-refractivity contribution in [1.82, 2.24) is 14.5 Å². The van der Waals surface area contributed by atoms with E-state index in [4.69, 9.17) is 39.5 Å². The van der Waals surface area contributed by atoms with Crippen LogP contribution in [-0.4, -0.2) is 39.2 Å². The van der Waals surface area contributed by atoms with Crippen molar-refractivity contribution in [3.63, 3.8) is 0 Å². The molecule has 4 rings (SSSR count). The van der Waals surface area contributed by atoms with Crippen molar-refractivity contribution >= 4 is 57.5 Å². The van der Waals surface area contributed by atoms with Crippen LogP contribution in [0.5, 0.6) is 0 Å². The average Bonchev–Trinajstić information content (AvgIpc) is 3.17. The molecule has 1 amide bonds. The van der Waals surface area contributed by atoms with Gasteiger partial charge in [0.15, 0.2) is 0 Å². The second-order valence-corrected chi connectivity index (χ2v) is 10.8. The third kappa shape index (κ3) is 4.92. The van der Waals surface area contributed by atoms with E-state index in [9.17, 15) is 9.59 Å². The van der Waals surface area contributed by atoms with Crippen LogP contribution >= 0.6 is 34.8 Å². The highest BCUT2D eigenvalue weighted by Gasteiger charge is 2.46. The minimum atomic E-state index is -1.17. The van der Waals surface area contributed by atoms with Gasteiger partial charge in [-0.3, -0.25) is 4.79 Å². The van der Waals surface area contributed by atoms with Gasteiger partial charge in [-0.05, 0) is 51.5 Å². The van der Waals surface area contributed by atoms with Crippen LogP contribution in [0, 0.1) is 5.82 Å². The van der Waals surface area contributed by atoms with Crippen LogP contribution in [0.2, 0.25) is 15.1 Å². The van der Waals surface area contributed by atoms with E-state index >= 15 is 4.39 Å². The number of nitrogens with zero attached hydrogens (tertiary/aromatic N) is 3. The molecule has 35 heavy (non-hydrogen) atoms. The van der Waals surface area contributed by atoms with E-state index in [2.05, 4.69) is 10.3 Å². The maximum atomic E-state index is 15.3. The molecule has 2 heterocycles. The molecule has 2 aromatic carbocycles. The van der Waals surface area contributed by atoms with Crippen LogP contribution in [0.3, 0.4) is 0 Å². The number of anilines is 1. The quantitative estimate of drug-likeness (QED) is 0.413. The molecule has 1 aliphatic rings. The minimum Gasteiger partial charge on any atom is -0.444 e. The molecule has 11 heteroatoms. The van der Waals surface area contributed by atoms with Crippen molar-refractivity contribution in [2.45, 2.75) is 38.3 Å². The monoisotopic (exact) mass is 540 g/mol. The van der Waals surface area contributed by atoms with Crippen LogP contribution in [0.1, 0.15) is 32.8 Å². The predicted molar refractivity (Wildman–Crippen MR) is 136 cm³/mol. The largest absolute Gasteiger partial charge is 0.444 e. The van der Waals surface area contributed by atoms with Gasteiger partial charge < -0.3 is 19.5 Å². The molecule has 1 fully saturated rings. The van der Waals surface area contributed by atoms with Crippen LogP contribution in [0.4, 0.5) is 14.9 Å². The highest BCUT2D eigenvalue weighted by molar-refractivity contribution is 6.42. The number of carbonyl (C=O) groups is 1. The summed E-state index contributed by atoms with van der Waals surface area (Å²) < 4.78 is 22.1. The third-order valence-electron chi connectivity index (χ3n) is 5.80. The highest BCUT2D eigenvalue weighted by atomic mass is 35.5.